The lowest BCUT2D eigenvalue weighted by molar-refractivity contribution is -0.136. The fraction of sp³-hybridized carbons (Fsp3) is 0.500. The first-order chi connectivity index (χ1) is 9.01. The first-order valence-electron chi connectivity index (χ1n) is 6.33. The van der Waals surface area contributed by atoms with Gasteiger partial charge in [-0.3, -0.25) is 4.79 Å². The van der Waals surface area contributed by atoms with Gasteiger partial charge in [0.1, 0.15) is 16.3 Å². The zero-order valence-corrected chi connectivity index (χ0v) is 11.8. The van der Waals surface area contributed by atoms with Crippen molar-refractivity contribution in [2.24, 2.45) is 5.92 Å². The van der Waals surface area contributed by atoms with E-state index in [1.807, 2.05) is 6.07 Å². The molecule has 0 amide bonds. The van der Waals surface area contributed by atoms with Gasteiger partial charge in [0.2, 0.25) is 0 Å². The minimum atomic E-state index is -0.887. The molecule has 0 bridgehead atoms. The molecule has 5 heteroatoms. The molecule has 2 unspecified atom stereocenters. The molecule has 1 aromatic rings. The Morgan fingerprint density at radius 2 is 2.42 bits per heavy atom. The number of hydrogen-bond acceptors (Lipinski definition) is 4. The van der Waals surface area contributed by atoms with Gasteiger partial charge in [0.25, 0.3) is 0 Å². The van der Waals surface area contributed by atoms with E-state index < -0.39 is 11.2 Å². The monoisotopic (exact) mass is 276 g/mol. The summed E-state index contributed by atoms with van der Waals surface area (Å²) in [5.41, 5.74) is 2.66. The van der Waals surface area contributed by atoms with Crippen LogP contribution in [0.3, 0.4) is 0 Å². The van der Waals surface area contributed by atoms with Gasteiger partial charge in [-0.25, -0.2) is 4.98 Å². The Morgan fingerprint density at radius 3 is 3.05 bits per heavy atom. The number of nitriles is 1. The second kappa shape index (κ2) is 5.62. The zero-order valence-electron chi connectivity index (χ0n) is 11.0. The maximum atomic E-state index is 10.9. The molecule has 0 fully saturated rings. The van der Waals surface area contributed by atoms with Crippen molar-refractivity contribution in [2.45, 2.75) is 43.4 Å². The number of carboxylic acid groups (broad SMARTS) is 1. The van der Waals surface area contributed by atoms with Crippen LogP contribution >= 0.6 is 11.8 Å². The number of hydrogen-bond donors (Lipinski definition) is 1. The summed E-state index contributed by atoms with van der Waals surface area (Å²) >= 11 is 1.14. The molecule has 4 nitrogen and oxygen atoms in total. The third-order valence-corrected chi connectivity index (χ3v) is 4.44. The van der Waals surface area contributed by atoms with Crippen LogP contribution < -0.4 is 0 Å². The number of nitrogens with zero attached hydrogens (tertiary/aromatic N) is 2. The lowest BCUT2D eigenvalue weighted by atomic mass is 9.87. The van der Waals surface area contributed by atoms with Crippen LogP contribution in [0.15, 0.2) is 11.1 Å². The second-order valence-electron chi connectivity index (χ2n) is 5.00. The number of fused-ring (bicyclic) bond motifs is 1. The minimum absolute atomic E-state index is 0.492. The molecule has 19 heavy (non-hydrogen) atoms. The van der Waals surface area contributed by atoms with Gasteiger partial charge in [-0.15, -0.1) is 0 Å². The van der Waals surface area contributed by atoms with Crippen LogP contribution in [0.4, 0.5) is 0 Å². The number of rotatable bonds is 3. The maximum absolute atomic E-state index is 10.9. The first-order valence-corrected chi connectivity index (χ1v) is 7.21. The van der Waals surface area contributed by atoms with Crippen LogP contribution in [-0.4, -0.2) is 21.3 Å². The van der Waals surface area contributed by atoms with Gasteiger partial charge < -0.3 is 5.11 Å². The number of carbonyl (C=O) groups is 1. The van der Waals surface area contributed by atoms with Crippen LogP contribution in [0.2, 0.25) is 0 Å². The Labute approximate surface area is 116 Å². The third-order valence-electron chi connectivity index (χ3n) is 3.36. The molecule has 0 aromatic carbocycles. The van der Waals surface area contributed by atoms with E-state index in [0.29, 0.717) is 16.5 Å². The molecule has 1 heterocycles. The zero-order chi connectivity index (χ0) is 14.0. The van der Waals surface area contributed by atoms with Gasteiger partial charge in [-0.05, 0) is 43.7 Å². The van der Waals surface area contributed by atoms with Crippen LogP contribution in [0.5, 0.6) is 0 Å². The average Bonchev–Trinajstić information content (AvgIpc) is 2.38. The summed E-state index contributed by atoms with van der Waals surface area (Å²) in [6.45, 7) is 3.81. The number of aryl methyl sites for hydroxylation is 1. The summed E-state index contributed by atoms with van der Waals surface area (Å²) in [7, 11) is 0. The molecule has 0 radical (unpaired) electrons. The van der Waals surface area contributed by atoms with Crippen molar-refractivity contribution < 1.29 is 9.90 Å². The highest BCUT2D eigenvalue weighted by molar-refractivity contribution is 8.00. The summed E-state index contributed by atoms with van der Waals surface area (Å²) in [6, 6.07) is 4.01. The van der Waals surface area contributed by atoms with Crippen molar-refractivity contribution in [1.82, 2.24) is 4.98 Å². The fourth-order valence-corrected chi connectivity index (χ4v) is 3.05. The topological polar surface area (TPSA) is 74.0 Å². The molecule has 1 aromatic heterocycles. The average molecular weight is 276 g/mol. The predicted octanol–water partition coefficient (Wildman–Crippen LogP) is 2.64. The largest absolute Gasteiger partial charge is 0.480 e. The van der Waals surface area contributed by atoms with E-state index in [-0.39, 0.29) is 0 Å². The minimum Gasteiger partial charge on any atom is -0.480 e. The molecule has 100 valence electrons. The van der Waals surface area contributed by atoms with Crippen LogP contribution in [0.25, 0.3) is 0 Å². The van der Waals surface area contributed by atoms with E-state index in [1.165, 1.54) is 0 Å². The standard InChI is InChI=1S/C14H16N2O2S/c1-8-3-4-12-10(5-8)6-11(7-15)13(16-12)19-9(2)14(17)18/h6,8-9H,3-5H2,1-2H3,(H,17,18). The molecule has 2 rings (SSSR count). The predicted molar refractivity (Wildman–Crippen MR) is 73.1 cm³/mol. The quantitative estimate of drug-likeness (QED) is 0.859. The summed E-state index contributed by atoms with van der Waals surface area (Å²) < 4.78 is 0. The lowest BCUT2D eigenvalue weighted by Crippen LogP contribution is -2.16. The summed E-state index contributed by atoms with van der Waals surface area (Å²) in [4.78, 5) is 15.4. The first kappa shape index (κ1) is 13.9. The molecule has 0 aliphatic heterocycles. The van der Waals surface area contributed by atoms with Crippen molar-refractivity contribution in [1.29, 1.82) is 5.26 Å². The molecule has 0 spiro atoms. The van der Waals surface area contributed by atoms with Crippen LogP contribution in [-0.2, 0) is 17.6 Å². The smallest absolute Gasteiger partial charge is 0.316 e. The second-order valence-corrected chi connectivity index (χ2v) is 6.33. The molecule has 1 N–H and O–H groups in total. The summed E-state index contributed by atoms with van der Waals surface area (Å²) in [5.74, 6) is -0.265. The Balaban J connectivity index is 2.34. The van der Waals surface area contributed by atoms with Gasteiger partial charge in [-0.1, -0.05) is 18.7 Å². The van der Waals surface area contributed by atoms with Gasteiger partial charge in [0.05, 0.1) is 5.56 Å². The van der Waals surface area contributed by atoms with E-state index >= 15 is 0 Å². The molecular weight excluding hydrogens is 260 g/mol. The normalized spacial score (nSPS) is 19.3. The lowest BCUT2D eigenvalue weighted by Gasteiger charge is -2.21. The van der Waals surface area contributed by atoms with E-state index in [4.69, 9.17) is 5.11 Å². The van der Waals surface area contributed by atoms with E-state index in [2.05, 4.69) is 18.0 Å². The van der Waals surface area contributed by atoms with E-state index in [0.717, 1.165) is 42.3 Å². The fourth-order valence-electron chi connectivity index (χ4n) is 2.22. The molecule has 2 atom stereocenters. The molecule has 0 saturated carbocycles. The summed E-state index contributed by atoms with van der Waals surface area (Å²) in [5, 5.41) is 18.1. The third kappa shape index (κ3) is 3.07. The number of aromatic nitrogens is 1. The number of carboxylic acids is 1. The van der Waals surface area contributed by atoms with Crippen molar-refractivity contribution in [3.05, 3.63) is 22.9 Å². The van der Waals surface area contributed by atoms with Crippen molar-refractivity contribution >= 4 is 17.7 Å². The Kier molecular flexibility index (Phi) is 4.11. The molecule has 1 aliphatic carbocycles. The molecule has 1 aliphatic rings. The Morgan fingerprint density at radius 1 is 1.68 bits per heavy atom. The molecular formula is C14H16N2O2S. The highest BCUT2D eigenvalue weighted by Crippen LogP contribution is 2.31. The van der Waals surface area contributed by atoms with Gasteiger partial charge >= 0.3 is 5.97 Å². The number of pyridine rings is 1. The maximum Gasteiger partial charge on any atom is 0.316 e. The van der Waals surface area contributed by atoms with Gasteiger partial charge in [0.15, 0.2) is 0 Å². The van der Waals surface area contributed by atoms with Gasteiger partial charge in [-0.2, -0.15) is 5.26 Å². The van der Waals surface area contributed by atoms with Crippen LogP contribution in [0, 0.1) is 17.2 Å². The van der Waals surface area contributed by atoms with E-state index in [1.54, 1.807) is 6.92 Å². The van der Waals surface area contributed by atoms with Gasteiger partial charge in [0, 0.05) is 5.69 Å². The molecule has 0 saturated heterocycles. The summed E-state index contributed by atoms with van der Waals surface area (Å²) in [6.07, 6.45) is 2.97. The number of thioether (sulfide) groups is 1. The van der Waals surface area contributed by atoms with Crippen LogP contribution in [0.1, 0.15) is 37.1 Å². The Bertz CT molecular complexity index is 551. The highest BCUT2D eigenvalue weighted by Gasteiger charge is 2.21. The highest BCUT2D eigenvalue weighted by atomic mass is 32.2. The SMILES string of the molecule is CC1CCc2nc(SC(C)C(=O)O)c(C#N)cc2C1. The Hall–Kier alpha value is -1.54. The number of aliphatic carboxylic acids is 1. The van der Waals surface area contributed by atoms with Crippen molar-refractivity contribution in [3.8, 4) is 6.07 Å². The van der Waals surface area contributed by atoms with Crippen molar-refractivity contribution in [2.75, 3.05) is 0 Å². The van der Waals surface area contributed by atoms with Crippen molar-refractivity contribution in [3.63, 3.8) is 0 Å². The van der Waals surface area contributed by atoms with E-state index in [9.17, 15) is 10.1 Å².